The number of rotatable bonds is 4. The van der Waals surface area contributed by atoms with Crippen molar-refractivity contribution < 1.29 is 4.79 Å². The van der Waals surface area contributed by atoms with Crippen molar-refractivity contribution in [3.63, 3.8) is 0 Å². The van der Waals surface area contributed by atoms with Crippen molar-refractivity contribution in [3.05, 3.63) is 0 Å². The predicted molar refractivity (Wildman–Crippen MR) is 62.5 cm³/mol. The molecule has 0 aliphatic heterocycles. The van der Waals surface area contributed by atoms with Gasteiger partial charge in [0, 0.05) is 19.0 Å². The third kappa shape index (κ3) is 5.17. The van der Waals surface area contributed by atoms with Crippen LogP contribution in [0.5, 0.6) is 0 Å². The number of hydrogen-bond acceptors (Lipinski definition) is 2. The Morgan fingerprint density at radius 3 is 2.47 bits per heavy atom. The first-order chi connectivity index (χ1) is 7.22. The molecule has 0 aromatic carbocycles. The van der Waals surface area contributed by atoms with Gasteiger partial charge in [0.15, 0.2) is 0 Å². The van der Waals surface area contributed by atoms with Crippen LogP contribution in [0.15, 0.2) is 0 Å². The van der Waals surface area contributed by atoms with Crippen LogP contribution in [0.3, 0.4) is 0 Å². The first-order valence-corrected chi connectivity index (χ1v) is 6.21. The molecule has 1 aliphatic carbocycles. The van der Waals surface area contributed by atoms with Crippen LogP contribution < -0.4 is 11.1 Å². The summed E-state index contributed by atoms with van der Waals surface area (Å²) in [4.78, 5) is 11.6. The van der Waals surface area contributed by atoms with Gasteiger partial charge in [-0.3, -0.25) is 4.79 Å². The molecule has 15 heavy (non-hydrogen) atoms. The van der Waals surface area contributed by atoms with Crippen LogP contribution in [0, 0.1) is 5.92 Å². The second-order valence-electron chi connectivity index (χ2n) is 4.77. The highest BCUT2D eigenvalue weighted by atomic mass is 16.1. The largest absolute Gasteiger partial charge is 0.352 e. The van der Waals surface area contributed by atoms with E-state index < -0.39 is 0 Å². The molecule has 0 aromatic rings. The molecule has 0 aromatic heterocycles. The maximum absolute atomic E-state index is 11.6. The Morgan fingerprint density at radius 2 is 1.93 bits per heavy atom. The fourth-order valence-electron chi connectivity index (χ4n) is 2.22. The lowest BCUT2D eigenvalue weighted by Gasteiger charge is -2.16. The van der Waals surface area contributed by atoms with E-state index >= 15 is 0 Å². The molecule has 88 valence electrons. The summed E-state index contributed by atoms with van der Waals surface area (Å²) >= 11 is 0. The van der Waals surface area contributed by atoms with Crippen molar-refractivity contribution in [2.24, 2.45) is 11.7 Å². The highest BCUT2D eigenvalue weighted by Crippen LogP contribution is 2.25. The molecule has 0 heterocycles. The first kappa shape index (κ1) is 12.5. The van der Waals surface area contributed by atoms with E-state index in [4.69, 9.17) is 5.73 Å². The summed E-state index contributed by atoms with van der Waals surface area (Å²) in [5.74, 6) is 0.789. The lowest BCUT2D eigenvalue weighted by Crippen LogP contribution is -2.38. The zero-order chi connectivity index (χ0) is 11.1. The van der Waals surface area contributed by atoms with Crippen LogP contribution in [-0.2, 0) is 4.79 Å². The molecule has 3 nitrogen and oxygen atoms in total. The summed E-state index contributed by atoms with van der Waals surface area (Å²) in [6, 6.07) is 0.114. The molecule has 0 unspecified atom stereocenters. The average Bonchev–Trinajstić information content (AvgIpc) is 2.46. The van der Waals surface area contributed by atoms with E-state index in [1.165, 1.54) is 38.5 Å². The van der Waals surface area contributed by atoms with Crippen molar-refractivity contribution in [1.82, 2.24) is 5.32 Å². The Hall–Kier alpha value is -0.570. The van der Waals surface area contributed by atoms with Crippen molar-refractivity contribution in [1.29, 1.82) is 0 Å². The fourth-order valence-corrected chi connectivity index (χ4v) is 2.22. The summed E-state index contributed by atoms with van der Waals surface area (Å²) in [6.07, 6.45) is 8.43. The number of carbonyl (C=O) groups excluding carboxylic acids is 1. The van der Waals surface area contributed by atoms with Crippen molar-refractivity contribution in [3.8, 4) is 0 Å². The molecule has 3 N–H and O–H groups in total. The van der Waals surface area contributed by atoms with Gasteiger partial charge in [0.1, 0.15) is 0 Å². The molecule has 1 atom stereocenters. The molecule has 0 saturated heterocycles. The number of carbonyl (C=O) groups is 1. The Labute approximate surface area is 92.8 Å². The summed E-state index contributed by atoms with van der Waals surface area (Å²) in [7, 11) is 0. The van der Waals surface area contributed by atoms with E-state index in [0.29, 0.717) is 18.9 Å². The first-order valence-electron chi connectivity index (χ1n) is 6.21. The van der Waals surface area contributed by atoms with Crippen LogP contribution in [0.25, 0.3) is 0 Å². The topological polar surface area (TPSA) is 55.1 Å². The van der Waals surface area contributed by atoms with Gasteiger partial charge in [-0.25, -0.2) is 0 Å². The molecular formula is C12H24N2O. The highest BCUT2D eigenvalue weighted by Gasteiger charge is 2.16. The van der Waals surface area contributed by atoms with Crippen LogP contribution in [0.2, 0.25) is 0 Å². The maximum atomic E-state index is 11.6. The predicted octanol–water partition coefficient (Wildman–Crippen LogP) is 1.81. The molecule has 3 heteroatoms. The smallest absolute Gasteiger partial charge is 0.220 e. The van der Waals surface area contributed by atoms with Crippen molar-refractivity contribution >= 4 is 5.91 Å². The van der Waals surface area contributed by atoms with Gasteiger partial charge in [-0.15, -0.1) is 0 Å². The van der Waals surface area contributed by atoms with Gasteiger partial charge in [-0.2, -0.15) is 0 Å². The Kier molecular flexibility index (Phi) is 5.69. The van der Waals surface area contributed by atoms with E-state index in [0.717, 1.165) is 0 Å². The zero-order valence-electron chi connectivity index (χ0n) is 9.80. The monoisotopic (exact) mass is 212 g/mol. The Bertz CT molecular complexity index is 186. The third-order valence-corrected chi connectivity index (χ3v) is 3.21. The molecule has 1 fully saturated rings. The maximum Gasteiger partial charge on any atom is 0.220 e. The SMILES string of the molecule is C[C@H](CN)NC(=O)CC1CCCCCC1. The lowest BCUT2D eigenvalue weighted by molar-refractivity contribution is -0.122. The zero-order valence-corrected chi connectivity index (χ0v) is 9.80. The third-order valence-electron chi connectivity index (χ3n) is 3.21. The summed E-state index contributed by atoms with van der Waals surface area (Å²) in [5.41, 5.74) is 5.46. The fraction of sp³-hybridized carbons (Fsp3) is 0.917. The van der Waals surface area contributed by atoms with E-state index in [1.807, 2.05) is 6.92 Å². The Balaban J connectivity index is 2.23. The van der Waals surface area contributed by atoms with E-state index in [1.54, 1.807) is 0 Å². The van der Waals surface area contributed by atoms with Gasteiger partial charge < -0.3 is 11.1 Å². The second kappa shape index (κ2) is 6.83. The summed E-state index contributed by atoms with van der Waals surface area (Å²) in [6.45, 7) is 2.47. The van der Waals surface area contributed by atoms with Crippen LogP contribution in [0.4, 0.5) is 0 Å². The molecule has 1 aliphatic rings. The number of hydrogen-bond donors (Lipinski definition) is 2. The van der Waals surface area contributed by atoms with Crippen LogP contribution in [-0.4, -0.2) is 18.5 Å². The van der Waals surface area contributed by atoms with Crippen molar-refractivity contribution in [2.45, 2.75) is 57.9 Å². The molecule has 1 rings (SSSR count). The van der Waals surface area contributed by atoms with Gasteiger partial charge in [0.25, 0.3) is 0 Å². The minimum absolute atomic E-state index is 0.114. The average molecular weight is 212 g/mol. The van der Waals surface area contributed by atoms with Gasteiger partial charge in [-0.05, 0) is 25.7 Å². The quantitative estimate of drug-likeness (QED) is 0.698. The molecule has 0 bridgehead atoms. The number of nitrogens with one attached hydrogen (secondary N) is 1. The minimum atomic E-state index is 0.114. The molecule has 0 spiro atoms. The standard InChI is InChI=1S/C12H24N2O/c1-10(9-13)14-12(15)8-11-6-4-2-3-5-7-11/h10-11H,2-9,13H2,1H3,(H,14,15)/t10-/m1/s1. The molecule has 1 saturated carbocycles. The van der Waals surface area contributed by atoms with E-state index in [2.05, 4.69) is 5.32 Å². The lowest BCUT2D eigenvalue weighted by atomic mass is 9.96. The normalized spacial score (nSPS) is 20.7. The van der Waals surface area contributed by atoms with Gasteiger partial charge in [-0.1, -0.05) is 25.7 Å². The number of nitrogens with two attached hydrogens (primary N) is 1. The minimum Gasteiger partial charge on any atom is -0.352 e. The van der Waals surface area contributed by atoms with Crippen molar-refractivity contribution in [2.75, 3.05) is 6.54 Å². The molecule has 1 amide bonds. The van der Waals surface area contributed by atoms with E-state index in [9.17, 15) is 4.79 Å². The molecular weight excluding hydrogens is 188 g/mol. The molecule has 0 radical (unpaired) electrons. The van der Waals surface area contributed by atoms with Gasteiger partial charge in [0.05, 0.1) is 0 Å². The van der Waals surface area contributed by atoms with Crippen LogP contribution in [0.1, 0.15) is 51.9 Å². The Morgan fingerprint density at radius 1 is 1.33 bits per heavy atom. The summed E-state index contributed by atoms with van der Waals surface area (Å²) < 4.78 is 0. The number of amides is 1. The van der Waals surface area contributed by atoms with Gasteiger partial charge >= 0.3 is 0 Å². The van der Waals surface area contributed by atoms with Crippen LogP contribution >= 0.6 is 0 Å². The van der Waals surface area contributed by atoms with E-state index in [-0.39, 0.29) is 11.9 Å². The second-order valence-corrected chi connectivity index (χ2v) is 4.77. The summed E-state index contributed by atoms with van der Waals surface area (Å²) in [5, 5.41) is 2.93. The van der Waals surface area contributed by atoms with Gasteiger partial charge in [0.2, 0.25) is 5.91 Å². The highest BCUT2D eigenvalue weighted by molar-refractivity contribution is 5.76.